The summed E-state index contributed by atoms with van der Waals surface area (Å²) in [5.74, 6) is -0.199. The quantitative estimate of drug-likeness (QED) is 0.440. The second kappa shape index (κ2) is 5.17. The predicted molar refractivity (Wildman–Crippen MR) is 66.7 cm³/mol. The van der Waals surface area contributed by atoms with Gasteiger partial charge in [0.1, 0.15) is 5.75 Å². The number of phenols is 1. The van der Waals surface area contributed by atoms with Gasteiger partial charge < -0.3 is 10.8 Å². The molecule has 0 saturated heterocycles. The van der Waals surface area contributed by atoms with E-state index >= 15 is 0 Å². The first-order valence-corrected chi connectivity index (χ1v) is 6.37. The van der Waals surface area contributed by atoms with Crippen molar-refractivity contribution in [3.05, 3.63) is 36.4 Å². The van der Waals surface area contributed by atoms with Gasteiger partial charge in [-0.15, -0.1) is 6.58 Å². The molecule has 94 valence electrons. The van der Waals surface area contributed by atoms with Gasteiger partial charge in [0.05, 0.1) is 5.69 Å². The smallest absolute Gasteiger partial charge is 0.296 e. The van der Waals surface area contributed by atoms with Gasteiger partial charge in [0.2, 0.25) is 0 Å². The molecule has 1 atom stereocenters. The van der Waals surface area contributed by atoms with Crippen LogP contribution in [0.3, 0.4) is 0 Å². The molecule has 0 aliphatic carbocycles. The van der Waals surface area contributed by atoms with E-state index in [0.29, 0.717) is 6.42 Å². The molecule has 0 aliphatic heterocycles. The summed E-state index contributed by atoms with van der Waals surface area (Å²) >= 11 is 0. The van der Waals surface area contributed by atoms with Crippen molar-refractivity contribution in [2.45, 2.75) is 12.5 Å². The Morgan fingerprint density at radius 2 is 2.18 bits per heavy atom. The number of nitrogens with one attached hydrogen (secondary N) is 1. The number of hydrogen-bond donors (Lipinski definition) is 4. The van der Waals surface area contributed by atoms with Crippen molar-refractivity contribution in [2.24, 2.45) is 10.9 Å². The molecule has 1 aromatic carbocycles. The van der Waals surface area contributed by atoms with E-state index in [-0.39, 0.29) is 17.5 Å². The molecule has 17 heavy (non-hydrogen) atoms. The lowest BCUT2D eigenvalue weighted by molar-refractivity contribution is 0.477. The van der Waals surface area contributed by atoms with Crippen LogP contribution in [0.25, 0.3) is 0 Å². The van der Waals surface area contributed by atoms with E-state index in [1.165, 1.54) is 12.1 Å². The van der Waals surface area contributed by atoms with Gasteiger partial charge in [-0.3, -0.25) is 4.72 Å². The van der Waals surface area contributed by atoms with Crippen LogP contribution in [-0.2, 0) is 16.6 Å². The predicted octanol–water partition coefficient (Wildman–Crippen LogP) is 0.0634. The lowest BCUT2D eigenvalue weighted by Crippen LogP contribution is -2.22. The van der Waals surface area contributed by atoms with Gasteiger partial charge >= 0.3 is 0 Å². The molecule has 1 aromatic rings. The van der Waals surface area contributed by atoms with Crippen molar-refractivity contribution in [2.75, 3.05) is 4.72 Å². The molecule has 0 fully saturated rings. The van der Waals surface area contributed by atoms with Gasteiger partial charge in [-0.1, -0.05) is 12.1 Å². The summed E-state index contributed by atoms with van der Waals surface area (Å²) in [6.07, 6.45) is 2.07. The van der Waals surface area contributed by atoms with E-state index in [2.05, 4.69) is 6.58 Å². The molecule has 0 spiro atoms. The van der Waals surface area contributed by atoms with E-state index in [1.54, 1.807) is 12.1 Å². The van der Waals surface area contributed by atoms with Crippen LogP contribution in [-0.4, -0.2) is 19.6 Å². The number of benzene rings is 1. The van der Waals surface area contributed by atoms with Crippen LogP contribution in [0.15, 0.2) is 30.9 Å². The first kappa shape index (κ1) is 13.5. The van der Waals surface area contributed by atoms with E-state index < -0.39 is 10.2 Å². The molecule has 0 saturated carbocycles. The number of anilines is 1. The van der Waals surface area contributed by atoms with Gasteiger partial charge in [0.25, 0.3) is 10.2 Å². The largest absolute Gasteiger partial charge is 0.506 e. The van der Waals surface area contributed by atoms with E-state index in [0.717, 1.165) is 5.56 Å². The summed E-state index contributed by atoms with van der Waals surface area (Å²) in [4.78, 5) is 0. The summed E-state index contributed by atoms with van der Waals surface area (Å²) < 4.78 is 23.7. The highest BCUT2D eigenvalue weighted by Gasteiger charge is 2.09. The second-order valence-electron chi connectivity index (χ2n) is 3.60. The molecule has 6 N–H and O–H groups in total. The van der Waals surface area contributed by atoms with E-state index in [4.69, 9.17) is 10.9 Å². The Balaban J connectivity index is 2.98. The second-order valence-corrected chi connectivity index (χ2v) is 4.90. The molecule has 7 heteroatoms. The van der Waals surface area contributed by atoms with Crippen molar-refractivity contribution < 1.29 is 13.5 Å². The molecule has 0 amide bonds. The minimum atomic E-state index is -3.91. The summed E-state index contributed by atoms with van der Waals surface area (Å²) in [7, 11) is -3.91. The first-order chi connectivity index (χ1) is 7.81. The number of aromatic hydroxyl groups is 1. The third-order valence-corrected chi connectivity index (χ3v) is 2.59. The van der Waals surface area contributed by atoms with E-state index in [1.807, 2.05) is 4.72 Å². The van der Waals surface area contributed by atoms with E-state index in [9.17, 15) is 13.5 Å². The fourth-order valence-corrected chi connectivity index (χ4v) is 1.77. The van der Waals surface area contributed by atoms with Gasteiger partial charge in [0, 0.05) is 6.04 Å². The Morgan fingerprint density at radius 3 is 2.71 bits per heavy atom. The molecular formula is C10H15N3O3S. The highest BCUT2D eigenvalue weighted by Crippen LogP contribution is 2.25. The van der Waals surface area contributed by atoms with Gasteiger partial charge in [-0.05, 0) is 24.1 Å². The van der Waals surface area contributed by atoms with Crippen LogP contribution >= 0.6 is 0 Å². The number of phenolic OH excluding ortho intramolecular Hbond substituents is 1. The van der Waals surface area contributed by atoms with Crippen LogP contribution in [0.2, 0.25) is 0 Å². The number of nitrogens with two attached hydrogens (primary N) is 2. The van der Waals surface area contributed by atoms with Crippen molar-refractivity contribution in [3.63, 3.8) is 0 Å². The average Bonchev–Trinajstić information content (AvgIpc) is 2.21. The fourth-order valence-electron chi connectivity index (χ4n) is 1.30. The fraction of sp³-hybridized carbons (Fsp3) is 0.200. The van der Waals surface area contributed by atoms with Crippen LogP contribution in [0.4, 0.5) is 5.69 Å². The Hall–Kier alpha value is -1.57. The minimum Gasteiger partial charge on any atom is -0.506 e. The maximum absolute atomic E-state index is 10.9. The molecule has 1 unspecified atom stereocenters. The molecule has 6 nitrogen and oxygen atoms in total. The molecule has 0 heterocycles. The maximum Gasteiger partial charge on any atom is 0.296 e. The standard InChI is InChI=1S/C10H15N3O3S/c1-2-8(11)5-7-3-4-10(14)9(6-7)13-17(12,15)16/h2-4,6,8,13-14H,1,5,11H2,(H2,12,15,16). The zero-order valence-electron chi connectivity index (χ0n) is 9.13. The van der Waals surface area contributed by atoms with Crippen molar-refractivity contribution in [3.8, 4) is 5.75 Å². The molecule has 0 aromatic heterocycles. The molecular weight excluding hydrogens is 242 g/mol. The Kier molecular flexibility index (Phi) is 4.11. The Bertz CT molecular complexity index is 514. The number of rotatable bonds is 5. The summed E-state index contributed by atoms with van der Waals surface area (Å²) in [5.41, 5.74) is 6.47. The number of hydrogen-bond acceptors (Lipinski definition) is 4. The zero-order chi connectivity index (χ0) is 13.1. The zero-order valence-corrected chi connectivity index (χ0v) is 9.94. The third kappa shape index (κ3) is 4.43. The van der Waals surface area contributed by atoms with Gasteiger partial charge in [-0.25, -0.2) is 5.14 Å². The normalized spacial score (nSPS) is 13.1. The highest BCUT2D eigenvalue weighted by atomic mass is 32.2. The van der Waals surface area contributed by atoms with Crippen molar-refractivity contribution >= 4 is 15.9 Å². The summed E-state index contributed by atoms with van der Waals surface area (Å²) in [6.45, 7) is 3.55. The minimum absolute atomic E-state index is 0.0289. The summed E-state index contributed by atoms with van der Waals surface area (Å²) in [6, 6.07) is 4.26. The van der Waals surface area contributed by atoms with Crippen LogP contribution in [0.5, 0.6) is 5.75 Å². The lowest BCUT2D eigenvalue weighted by Gasteiger charge is -2.10. The Morgan fingerprint density at radius 1 is 1.53 bits per heavy atom. The van der Waals surface area contributed by atoms with Crippen LogP contribution in [0, 0.1) is 0 Å². The average molecular weight is 257 g/mol. The SMILES string of the molecule is C=CC(N)Cc1ccc(O)c(NS(N)(=O)=O)c1. The van der Waals surface area contributed by atoms with Crippen LogP contribution < -0.4 is 15.6 Å². The maximum atomic E-state index is 10.9. The molecule has 0 bridgehead atoms. The third-order valence-electron chi connectivity index (χ3n) is 2.09. The molecule has 1 rings (SSSR count). The first-order valence-electron chi connectivity index (χ1n) is 4.82. The van der Waals surface area contributed by atoms with Gasteiger partial charge in [-0.2, -0.15) is 8.42 Å². The topological polar surface area (TPSA) is 118 Å². The van der Waals surface area contributed by atoms with Gasteiger partial charge in [0.15, 0.2) is 0 Å². The molecule has 0 aliphatic rings. The highest BCUT2D eigenvalue weighted by molar-refractivity contribution is 7.90. The monoisotopic (exact) mass is 257 g/mol. The molecule has 0 radical (unpaired) electrons. The van der Waals surface area contributed by atoms with Crippen molar-refractivity contribution in [1.82, 2.24) is 0 Å². The van der Waals surface area contributed by atoms with Crippen LogP contribution in [0.1, 0.15) is 5.56 Å². The summed E-state index contributed by atoms with van der Waals surface area (Å²) in [5, 5.41) is 14.3. The lowest BCUT2D eigenvalue weighted by atomic mass is 10.1. The Labute approximate surface area is 100 Å². The van der Waals surface area contributed by atoms with Crippen molar-refractivity contribution in [1.29, 1.82) is 0 Å².